The van der Waals surface area contributed by atoms with Crippen LogP contribution in [0.25, 0.3) is 11.1 Å². The van der Waals surface area contributed by atoms with Crippen molar-refractivity contribution in [1.82, 2.24) is 0 Å². The van der Waals surface area contributed by atoms with E-state index in [9.17, 15) is 9.90 Å². The number of hydrogen-bond donors (Lipinski definition) is 2. The van der Waals surface area contributed by atoms with E-state index in [-0.39, 0.29) is 24.7 Å². The highest BCUT2D eigenvalue weighted by Crippen LogP contribution is 2.43. The van der Waals surface area contributed by atoms with E-state index < -0.39 is 11.9 Å². The van der Waals surface area contributed by atoms with Crippen LogP contribution in [0.1, 0.15) is 18.4 Å². The number of nitrogens with two attached hydrogens (primary N) is 1. The van der Waals surface area contributed by atoms with Crippen molar-refractivity contribution in [3.8, 4) is 16.9 Å². The van der Waals surface area contributed by atoms with Gasteiger partial charge in [-0.1, -0.05) is 48.5 Å². The van der Waals surface area contributed by atoms with Crippen molar-refractivity contribution in [2.75, 3.05) is 13.2 Å². The lowest BCUT2D eigenvalue weighted by molar-refractivity contribution is -0.139. The number of hydrogen-bond acceptors (Lipinski definition) is 5. The first-order valence-corrected chi connectivity index (χ1v) is 7.81. The first-order chi connectivity index (χ1) is 11.7. The fraction of sp³-hybridized carbons (Fsp3) is 0.211. The number of esters is 1. The van der Waals surface area contributed by atoms with Gasteiger partial charge in [0.25, 0.3) is 0 Å². The molecule has 24 heavy (non-hydrogen) atoms. The lowest BCUT2D eigenvalue weighted by atomic mass is 9.87. The second kappa shape index (κ2) is 6.76. The molecular formula is C19H19NO4. The van der Waals surface area contributed by atoms with Gasteiger partial charge in [0, 0.05) is 17.0 Å². The van der Waals surface area contributed by atoms with E-state index in [1.165, 1.54) is 0 Å². The maximum Gasteiger partial charge on any atom is 0.340 e. The van der Waals surface area contributed by atoms with Gasteiger partial charge in [-0.3, -0.25) is 0 Å². The Kier molecular flexibility index (Phi) is 4.53. The predicted molar refractivity (Wildman–Crippen MR) is 90.2 cm³/mol. The molecule has 0 aliphatic carbocycles. The smallest absolute Gasteiger partial charge is 0.340 e. The molecule has 124 valence electrons. The van der Waals surface area contributed by atoms with Crippen LogP contribution in [-0.2, 0) is 9.53 Å². The van der Waals surface area contributed by atoms with E-state index in [0.29, 0.717) is 5.75 Å². The summed E-state index contributed by atoms with van der Waals surface area (Å²) in [6.45, 7) is 1.68. The van der Waals surface area contributed by atoms with Gasteiger partial charge in [-0.2, -0.15) is 0 Å². The second-order valence-corrected chi connectivity index (χ2v) is 5.43. The normalized spacial score (nSPS) is 16.3. The lowest BCUT2D eigenvalue weighted by Gasteiger charge is -2.28. The van der Waals surface area contributed by atoms with Gasteiger partial charge in [0.15, 0.2) is 0 Å². The summed E-state index contributed by atoms with van der Waals surface area (Å²) in [6, 6.07) is 15.4. The summed E-state index contributed by atoms with van der Waals surface area (Å²) in [5.41, 5.74) is 8.70. The highest BCUT2D eigenvalue weighted by Gasteiger charge is 2.35. The summed E-state index contributed by atoms with van der Waals surface area (Å²) in [5, 5.41) is 9.85. The van der Waals surface area contributed by atoms with Crippen LogP contribution in [0.2, 0.25) is 0 Å². The Morgan fingerprint density at radius 3 is 2.62 bits per heavy atom. The molecule has 5 nitrogen and oxygen atoms in total. The Morgan fingerprint density at radius 2 is 1.96 bits per heavy atom. The number of fused-ring (bicyclic) bond motifs is 1. The number of benzene rings is 2. The number of aliphatic hydroxyl groups excluding tert-OH is 1. The van der Waals surface area contributed by atoms with Gasteiger partial charge in [0.1, 0.15) is 11.3 Å². The first-order valence-electron chi connectivity index (χ1n) is 7.81. The maximum atomic E-state index is 12.2. The Hall–Kier alpha value is -2.79. The van der Waals surface area contributed by atoms with E-state index in [4.69, 9.17) is 15.2 Å². The SMILES string of the molecule is CCOC(=O)C1=C(N)Oc2c(-c3ccccc3)cccc2C1CO. The van der Waals surface area contributed by atoms with E-state index in [2.05, 4.69) is 0 Å². The van der Waals surface area contributed by atoms with Gasteiger partial charge in [0.05, 0.1) is 13.2 Å². The summed E-state index contributed by atoms with van der Waals surface area (Å²) >= 11 is 0. The Balaban J connectivity index is 2.11. The molecule has 0 bridgehead atoms. The van der Waals surface area contributed by atoms with Crippen molar-refractivity contribution in [2.24, 2.45) is 5.73 Å². The Morgan fingerprint density at radius 1 is 1.21 bits per heavy atom. The van der Waals surface area contributed by atoms with E-state index in [0.717, 1.165) is 16.7 Å². The molecule has 2 aromatic rings. The third kappa shape index (κ3) is 2.74. The summed E-state index contributed by atoms with van der Waals surface area (Å²) < 4.78 is 10.8. The molecule has 1 aliphatic heterocycles. The van der Waals surface area contributed by atoms with Crippen molar-refractivity contribution in [2.45, 2.75) is 12.8 Å². The fourth-order valence-electron chi connectivity index (χ4n) is 2.92. The molecule has 0 radical (unpaired) electrons. The molecule has 1 heterocycles. The van der Waals surface area contributed by atoms with Crippen molar-refractivity contribution >= 4 is 5.97 Å². The summed E-state index contributed by atoms with van der Waals surface area (Å²) in [5.74, 6) is -0.599. The maximum absolute atomic E-state index is 12.2. The minimum Gasteiger partial charge on any atom is -0.462 e. The molecule has 3 rings (SSSR count). The van der Waals surface area contributed by atoms with Crippen LogP contribution in [0.5, 0.6) is 5.75 Å². The molecule has 1 aliphatic rings. The van der Waals surface area contributed by atoms with Crippen LogP contribution >= 0.6 is 0 Å². The van der Waals surface area contributed by atoms with E-state index in [1.807, 2.05) is 48.5 Å². The number of carbonyl (C=O) groups excluding carboxylic acids is 1. The van der Waals surface area contributed by atoms with Gasteiger partial charge >= 0.3 is 5.97 Å². The Bertz CT molecular complexity index is 783. The summed E-state index contributed by atoms with van der Waals surface area (Å²) in [6.07, 6.45) is 0. The monoisotopic (exact) mass is 325 g/mol. The van der Waals surface area contributed by atoms with E-state index >= 15 is 0 Å². The third-order valence-electron chi connectivity index (χ3n) is 4.01. The number of carbonyl (C=O) groups is 1. The van der Waals surface area contributed by atoms with Crippen LogP contribution in [0.4, 0.5) is 0 Å². The molecule has 0 saturated heterocycles. The molecule has 0 amide bonds. The molecule has 0 aromatic heterocycles. The van der Waals surface area contributed by atoms with Crippen LogP contribution in [0, 0.1) is 0 Å². The average molecular weight is 325 g/mol. The molecule has 2 aromatic carbocycles. The average Bonchev–Trinajstić information content (AvgIpc) is 2.61. The van der Waals surface area contributed by atoms with Gasteiger partial charge in [-0.05, 0) is 12.5 Å². The fourth-order valence-corrected chi connectivity index (χ4v) is 2.92. The molecule has 0 saturated carbocycles. The Labute approximate surface area is 140 Å². The van der Waals surface area contributed by atoms with Crippen molar-refractivity contribution in [3.05, 3.63) is 65.6 Å². The molecule has 0 fully saturated rings. The zero-order valence-electron chi connectivity index (χ0n) is 13.4. The van der Waals surface area contributed by atoms with Gasteiger partial charge in [0.2, 0.25) is 5.88 Å². The minimum atomic E-state index is -0.573. The van der Waals surface area contributed by atoms with Gasteiger partial charge < -0.3 is 20.3 Å². The predicted octanol–water partition coefficient (Wildman–Crippen LogP) is 2.56. The van der Waals surface area contributed by atoms with Crippen LogP contribution in [0.15, 0.2) is 60.0 Å². The largest absolute Gasteiger partial charge is 0.462 e. The topological polar surface area (TPSA) is 81.8 Å². The van der Waals surface area contributed by atoms with Crippen molar-refractivity contribution in [1.29, 1.82) is 0 Å². The number of para-hydroxylation sites is 1. The summed E-state index contributed by atoms with van der Waals surface area (Å²) in [4.78, 5) is 12.2. The molecule has 5 heteroatoms. The highest BCUT2D eigenvalue weighted by atomic mass is 16.5. The number of aliphatic hydroxyl groups is 1. The van der Waals surface area contributed by atoms with E-state index in [1.54, 1.807) is 6.92 Å². The minimum absolute atomic E-state index is 0.0246. The number of ether oxygens (including phenoxy) is 2. The third-order valence-corrected chi connectivity index (χ3v) is 4.01. The van der Waals surface area contributed by atoms with Crippen LogP contribution < -0.4 is 10.5 Å². The van der Waals surface area contributed by atoms with Crippen molar-refractivity contribution < 1.29 is 19.4 Å². The standard InChI is InChI=1S/C19H19NO4/c1-2-23-19(22)16-15(11-21)14-10-6-9-13(17(14)24-18(16)20)12-7-4-3-5-8-12/h3-10,15,21H,2,11,20H2,1H3. The summed E-state index contributed by atoms with van der Waals surface area (Å²) in [7, 11) is 0. The van der Waals surface area contributed by atoms with Gasteiger partial charge in [-0.15, -0.1) is 0 Å². The zero-order chi connectivity index (χ0) is 17.1. The van der Waals surface area contributed by atoms with Crippen LogP contribution in [0.3, 0.4) is 0 Å². The molecule has 0 spiro atoms. The zero-order valence-corrected chi connectivity index (χ0v) is 13.4. The first kappa shape index (κ1) is 16.1. The van der Waals surface area contributed by atoms with Crippen molar-refractivity contribution in [3.63, 3.8) is 0 Å². The lowest BCUT2D eigenvalue weighted by Crippen LogP contribution is -2.28. The molecule has 1 atom stereocenters. The molecule has 1 unspecified atom stereocenters. The molecule has 3 N–H and O–H groups in total. The highest BCUT2D eigenvalue weighted by molar-refractivity contribution is 5.92. The number of rotatable bonds is 4. The van der Waals surface area contributed by atoms with Crippen LogP contribution in [-0.4, -0.2) is 24.3 Å². The van der Waals surface area contributed by atoms with Gasteiger partial charge in [-0.25, -0.2) is 4.79 Å². The second-order valence-electron chi connectivity index (χ2n) is 5.43. The quantitative estimate of drug-likeness (QED) is 0.844. The molecular weight excluding hydrogens is 306 g/mol.